The van der Waals surface area contributed by atoms with Gasteiger partial charge in [-0.1, -0.05) is 6.92 Å². The highest BCUT2D eigenvalue weighted by Crippen LogP contribution is 2.18. The molecule has 24 heavy (non-hydrogen) atoms. The summed E-state index contributed by atoms with van der Waals surface area (Å²) in [5.74, 6) is -0.383. The minimum absolute atomic E-state index is 0.152. The van der Waals surface area contributed by atoms with E-state index < -0.39 is 11.0 Å². The molecule has 1 saturated heterocycles. The van der Waals surface area contributed by atoms with Crippen LogP contribution >= 0.6 is 0 Å². The van der Waals surface area contributed by atoms with Crippen LogP contribution in [0.4, 0.5) is 5.82 Å². The summed E-state index contributed by atoms with van der Waals surface area (Å²) in [4.78, 5) is 25.0. The standard InChI is InChI=1S/C15H25N5O4/c1-3-13(19-12(2)11-14(17-19)20(22)23)15(21)16-5-4-6-18-7-9-24-10-8-18/h11,13H,3-10H2,1-2H3,(H,16,21). The molecule has 2 rings (SSSR count). The Labute approximate surface area is 141 Å². The fourth-order valence-corrected chi connectivity index (χ4v) is 2.80. The van der Waals surface area contributed by atoms with Gasteiger partial charge < -0.3 is 20.2 Å². The molecule has 1 atom stereocenters. The van der Waals surface area contributed by atoms with E-state index in [4.69, 9.17) is 4.74 Å². The van der Waals surface area contributed by atoms with Gasteiger partial charge in [-0.25, -0.2) is 0 Å². The number of aryl methyl sites for hydroxylation is 1. The van der Waals surface area contributed by atoms with Crippen LogP contribution in [0.3, 0.4) is 0 Å². The highest BCUT2D eigenvalue weighted by atomic mass is 16.6. The van der Waals surface area contributed by atoms with Crippen molar-refractivity contribution in [3.05, 3.63) is 21.9 Å². The summed E-state index contributed by atoms with van der Waals surface area (Å²) in [6.07, 6.45) is 1.38. The number of rotatable bonds is 8. The number of nitrogens with one attached hydrogen (secondary N) is 1. The summed E-state index contributed by atoms with van der Waals surface area (Å²) in [5, 5.41) is 17.7. The molecule has 2 heterocycles. The van der Waals surface area contributed by atoms with Crippen molar-refractivity contribution in [3.63, 3.8) is 0 Å². The number of hydrogen-bond acceptors (Lipinski definition) is 6. The number of morpholine rings is 1. The predicted octanol–water partition coefficient (Wildman–Crippen LogP) is 0.889. The third-order valence-corrected chi connectivity index (χ3v) is 4.14. The third kappa shape index (κ3) is 4.75. The minimum atomic E-state index is -0.545. The van der Waals surface area contributed by atoms with Gasteiger partial charge in [-0.3, -0.25) is 9.69 Å². The lowest BCUT2D eigenvalue weighted by atomic mass is 10.2. The van der Waals surface area contributed by atoms with Gasteiger partial charge in [0, 0.05) is 19.6 Å². The van der Waals surface area contributed by atoms with Crippen LogP contribution in [0, 0.1) is 17.0 Å². The monoisotopic (exact) mass is 339 g/mol. The van der Waals surface area contributed by atoms with Gasteiger partial charge in [0.15, 0.2) is 6.04 Å². The van der Waals surface area contributed by atoms with Crippen LogP contribution in [0.15, 0.2) is 6.07 Å². The zero-order chi connectivity index (χ0) is 17.5. The molecule has 1 aromatic rings. The molecule has 1 fully saturated rings. The van der Waals surface area contributed by atoms with Crippen molar-refractivity contribution >= 4 is 11.7 Å². The van der Waals surface area contributed by atoms with Crippen LogP contribution in [0.25, 0.3) is 0 Å². The Balaban J connectivity index is 1.83. The summed E-state index contributed by atoms with van der Waals surface area (Å²) in [5.41, 5.74) is 0.608. The van der Waals surface area contributed by atoms with Crippen LogP contribution in [0.5, 0.6) is 0 Å². The summed E-state index contributed by atoms with van der Waals surface area (Å²) in [7, 11) is 0. The fraction of sp³-hybridized carbons (Fsp3) is 0.733. The van der Waals surface area contributed by atoms with Crippen molar-refractivity contribution in [2.45, 2.75) is 32.7 Å². The Bertz CT molecular complexity index is 568. The first-order valence-corrected chi connectivity index (χ1v) is 8.31. The van der Waals surface area contributed by atoms with Crippen LogP contribution < -0.4 is 5.32 Å². The van der Waals surface area contributed by atoms with E-state index in [1.54, 1.807) is 6.92 Å². The molecule has 0 aromatic carbocycles. The molecular weight excluding hydrogens is 314 g/mol. The molecule has 9 heteroatoms. The van der Waals surface area contributed by atoms with Crippen LogP contribution in [0.1, 0.15) is 31.5 Å². The Hall–Kier alpha value is -2.00. The zero-order valence-corrected chi connectivity index (χ0v) is 14.2. The molecule has 1 aromatic heterocycles. The van der Waals surface area contributed by atoms with Gasteiger partial charge in [-0.15, -0.1) is 0 Å². The number of nitro groups is 1. The van der Waals surface area contributed by atoms with Crippen molar-refractivity contribution in [3.8, 4) is 0 Å². The van der Waals surface area contributed by atoms with E-state index in [2.05, 4.69) is 15.3 Å². The molecule has 1 amide bonds. The number of ether oxygens (including phenoxy) is 1. The van der Waals surface area contributed by atoms with E-state index in [1.807, 2.05) is 6.92 Å². The van der Waals surface area contributed by atoms with Gasteiger partial charge in [-0.2, -0.15) is 4.68 Å². The first-order valence-electron chi connectivity index (χ1n) is 8.31. The van der Waals surface area contributed by atoms with E-state index >= 15 is 0 Å². The maximum absolute atomic E-state index is 12.4. The van der Waals surface area contributed by atoms with Crippen molar-refractivity contribution < 1.29 is 14.5 Å². The molecule has 1 N–H and O–H groups in total. The molecular formula is C15H25N5O4. The average molecular weight is 339 g/mol. The normalized spacial score (nSPS) is 16.8. The predicted molar refractivity (Wildman–Crippen MR) is 87.8 cm³/mol. The summed E-state index contributed by atoms with van der Waals surface area (Å²) in [6, 6.07) is 0.857. The number of carbonyl (C=O) groups is 1. The first-order chi connectivity index (χ1) is 11.5. The van der Waals surface area contributed by atoms with Gasteiger partial charge in [-0.05, 0) is 31.2 Å². The number of amides is 1. The van der Waals surface area contributed by atoms with E-state index in [0.29, 0.717) is 18.7 Å². The molecule has 0 spiro atoms. The van der Waals surface area contributed by atoms with Crippen LogP contribution in [-0.2, 0) is 9.53 Å². The average Bonchev–Trinajstić information content (AvgIpc) is 2.95. The maximum Gasteiger partial charge on any atom is 0.390 e. The van der Waals surface area contributed by atoms with Gasteiger partial charge in [0.05, 0.1) is 30.1 Å². The van der Waals surface area contributed by atoms with E-state index in [1.165, 1.54) is 10.7 Å². The lowest BCUT2D eigenvalue weighted by molar-refractivity contribution is -0.389. The number of nitrogens with zero attached hydrogens (tertiary/aromatic N) is 4. The molecule has 0 aliphatic carbocycles. The SMILES string of the molecule is CCC(C(=O)NCCCN1CCOCC1)n1nc([N+](=O)[O-])cc1C. The second-order valence-corrected chi connectivity index (χ2v) is 5.87. The van der Waals surface area contributed by atoms with Gasteiger partial charge in [0.25, 0.3) is 0 Å². The van der Waals surface area contributed by atoms with E-state index in [9.17, 15) is 14.9 Å². The molecule has 9 nitrogen and oxygen atoms in total. The summed E-state index contributed by atoms with van der Waals surface area (Å²) >= 11 is 0. The molecule has 1 aliphatic heterocycles. The summed E-state index contributed by atoms with van der Waals surface area (Å²) in [6.45, 7) is 8.48. The Morgan fingerprint density at radius 3 is 2.79 bits per heavy atom. The molecule has 0 saturated carbocycles. The second-order valence-electron chi connectivity index (χ2n) is 5.87. The highest BCUT2D eigenvalue weighted by molar-refractivity contribution is 5.80. The fourth-order valence-electron chi connectivity index (χ4n) is 2.80. The smallest absolute Gasteiger partial charge is 0.379 e. The topological polar surface area (TPSA) is 103 Å². The minimum Gasteiger partial charge on any atom is -0.379 e. The van der Waals surface area contributed by atoms with E-state index in [-0.39, 0.29) is 11.7 Å². The van der Waals surface area contributed by atoms with Crippen LogP contribution in [-0.4, -0.2) is 64.9 Å². The maximum atomic E-state index is 12.4. The largest absolute Gasteiger partial charge is 0.390 e. The van der Waals surface area contributed by atoms with Gasteiger partial charge in [0.2, 0.25) is 5.91 Å². The number of carbonyl (C=O) groups excluding carboxylic acids is 1. The third-order valence-electron chi connectivity index (χ3n) is 4.14. The quantitative estimate of drug-likeness (QED) is 0.429. The Morgan fingerprint density at radius 1 is 1.50 bits per heavy atom. The first kappa shape index (κ1) is 18.3. The molecule has 0 radical (unpaired) electrons. The van der Waals surface area contributed by atoms with Crippen molar-refractivity contribution in [2.24, 2.45) is 0 Å². The number of hydrogen-bond donors (Lipinski definition) is 1. The zero-order valence-electron chi connectivity index (χ0n) is 14.2. The Morgan fingerprint density at radius 2 is 2.21 bits per heavy atom. The lowest BCUT2D eigenvalue weighted by Gasteiger charge is -2.26. The van der Waals surface area contributed by atoms with E-state index in [0.717, 1.165) is 39.3 Å². The highest BCUT2D eigenvalue weighted by Gasteiger charge is 2.26. The molecule has 1 aliphatic rings. The summed E-state index contributed by atoms with van der Waals surface area (Å²) < 4.78 is 6.74. The van der Waals surface area contributed by atoms with Gasteiger partial charge >= 0.3 is 5.82 Å². The van der Waals surface area contributed by atoms with Crippen LogP contribution in [0.2, 0.25) is 0 Å². The number of aromatic nitrogens is 2. The molecule has 1 unspecified atom stereocenters. The van der Waals surface area contributed by atoms with Gasteiger partial charge in [0.1, 0.15) is 0 Å². The van der Waals surface area contributed by atoms with Crippen molar-refractivity contribution in [1.82, 2.24) is 20.0 Å². The van der Waals surface area contributed by atoms with Crippen molar-refractivity contribution in [1.29, 1.82) is 0 Å². The lowest BCUT2D eigenvalue weighted by Crippen LogP contribution is -2.39. The molecule has 0 bridgehead atoms. The Kier molecular flexibility index (Phi) is 6.68. The second kappa shape index (κ2) is 8.74. The molecule has 134 valence electrons. The van der Waals surface area contributed by atoms with Crippen molar-refractivity contribution in [2.75, 3.05) is 39.4 Å².